The van der Waals surface area contributed by atoms with Gasteiger partial charge in [0.25, 0.3) is 0 Å². The molecule has 0 radical (unpaired) electrons. The van der Waals surface area contributed by atoms with E-state index in [0.717, 1.165) is 17.0 Å². The van der Waals surface area contributed by atoms with E-state index in [1.807, 2.05) is 25.5 Å². The standard InChI is InChI=1S/C14H17FN4O/c1-8-9(2)17-19(10(8)3)7-11-4-12(14(16)18-20)6-13(15)5-11/h4-6,20H,7H2,1-3H3,(H2,16,18). The highest BCUT2D eigenvalue weighted by Crippen LogP contribution is 2.15. The molecule has 0 fully saturated rings. The Bertz CT molecular complexity index is 676. The van der Waals surface area contributed by atoms with Gasteiger partial charge in [0.05, 0.1) is 12.2 Å². The molecule has 2 rings (SSSR count). The molecule has 2 aromatic rings. The normalized spacial score (nSPS) is 11.9. The molecule has 0 spiro atoms. The van der Waals surface area contributed by atoms with Crippen LogP contribution in [0.2, 0.25) is 0 Å². The quantitative estimate of drug-likeness (QED) is 0.390. The number of nitrogens with zero attached hydrogens (tertiary/aromatic N) is 3. The van der Waals surface area contributed by atoms with Crippen LogP contribution in [0.1, 0.15) is 28.1 Å². The Hall–Kier alpha value is -2.37. The minimum atomic E-state index is -0.428. The van der Waals surface area contributed by atoms with Crippen LogP contribution in [-0.2, 0) is 6.54 Å². The van der Waals surface area contributed by atoms with Crippen molar-refractivity contribution in [2.24, 2.45) is 10.9 Å². The van der Waals surface area contributed by atoms with E-state index in [9.17, 15) is 4.39 Å². The number of hydrogen-bond acceptors (Lipinski definition) is 3. The molecule has 0 saturated heterocycles. The Morgan fingerprint density at radius 1 is 1.35 bits per heavy atom. The van der Waals surface area contributed by atoms with E-state index in [1.165, 1.54) is 12.1 Å². The average molecular weight is 276 g/mol. The van der Waals surface area contributed by atoms with Crippen LogP contribution < -0.4 is 5.73 Å². The summed E-state index contributed by atoms with van der Waals surface area (Å²) in [6, 6.07) is 4.33. The molecular weight excluding hydrogens is 259 g/mol. The summed E-state index contributed by atoms with van der Waals surface area (Å²) in [5.41, 5.74) is 9.66. The van der Waals surface area contributed by atoms with Crippen LogP contribution in [0.3, 0.4) is 0 Å². The maximum absolute atomic E-state index is 13.6. The van der Waals surface area contributed by atoms with Gasteiger partial charge in [-0.1, -0.05) is 5.16 Å². The summed E-state index contributed by atoms with van der Waals surface area (Å²) < 4.78 is 15.4. The first-order valence-electron chi connectivity index (χ1n) is 6.20. The van der Waals surface area contributed by atoms with E-state index in [0.29, 0.717) is 17.7 Å². The predicted molar refractivity (Wildman–Crippen MR) is 74.5 cm³/mol. The Balaban J connectivity index is 2.38. The number of aryl methyl sites for hydroxylation is 1. The number of amidine groups is 1. The second-order valence-corrected chi connectivity index (χ2v) is 4.79. The van der Waals surface area contributed by atoms with Gasteiger partial charge in [-0.15, -0.1) is 0 Å². The second kappa shape index (κ2) is 5.32. The molecule has 0 unspecified atom stereocenters. The van der Waals surface area contributed by atoms with Gasteiger partial charge in [0.2, 0.25) is 0 Å². The van der Waals surface area contributed by atoms with Crippen molar-refractivity contribution >= 4 is 5.84 Å². The number of hydrogen-bond donors (Lipinski definition) is 2. The largest absolute Gasteiger partial charge is 0.409 e. The van der Waals surface area contributed by atoms with Gasteiger partial charge in [-0.3, -0.25) is 4.68 Å². The lowest BCUT2D eigenvalue weighted by atomic mass is 10.1. The molecule has 20 heavy (non-hydrogen) atoms. The van der Waals surface area contributed by atoms with Gasteiger partial charge >= 0.3 is 0 Å². The maximum atomic E-state index is 13.6. The molecule has 106 valence electrons. The van der Waals surface area contributed by atoms with Crippen LogP contribution in [0.5, 0.6) is 0 Å². The highest BCUT2D eigenvalue weighted by Gasteiger charge is 2.10. The third-order valence-corrected chi connectivity index (χ3v) is 3.44. The number of nitrogens with two attached hydrogens (primary N) is 1. The fourth-order valence-electron chi connectivity index (χ4n) is 2.06. The molecule has 0 aliphatic rings. The Kier molecular flexibility index (Phi) is 3.74. The summed E-state index contributed by atoms with van der Waals surface area (Å²) >= 11 is 0. The average Bonchev–Trinajstić information content (AvgIpc) is 2.65. The summed E-state index contributed by atoms with van der Waals surface area (Å²) in [6.07, 6.45) is 0. The molecule has 0 aliphatic heterocycles. The van der Waals surface area contributed by atoms with Crippen molar-refractivity contribution in [1.82, 2.24) is 9.78 Å². The molecule has 1 aromatic carbocycles. The Morgan fingerprint density at radius 2 is 2.05 bits per heavy atom. The first kappa shape index (κ1) is 14.0. The highest BCUT2D eigenvalue weighted by molar-refractivity contribution is 5.97. The van der Waals surface area contributed by atoms with Crippen LogP contribution >= 0.6 is 0 Å². The zero-order valence-electron chi connectivity index (χ0n) is 11.7. The molecule has 0 atom stereocenters. The van der Waals surface area contributed by atoms with Crippen LogP contribution in [0, 0.1) is 26.6 Å². The van der Waals surface area contributed by atoms with Gasteiger partial charge in [0.15, 0.2) is 5.84 Å². The van der Waals surface area contributed by atoms with Crippen molar-refractivity contribution in [2.75, 3.05) is 0 Å². The number of aromatic nitrogens is 2. The lowest BCUT2D eigenvalue weighted by Gasteiger charge is -2.07. The molecule has 3 N–H and O–H groups in total. The minimum Gasteiger partial charge on any atom is -0.409 e. The minimum absolute atomic E-state index is 0.115. The number of benzene rings is 1. The van der Waals surface area contributed by atoms with E-state index in [1.54, 1.807) is 6.07 Å². The zero-order valence-corrected chi connectivity index (χ0v) is 11.7. The zero-order chi connectivity index (χ0) is 14.9. The van der Waals surface area contributed by atoms with Crippen molar-refractivity contribution in [3.63, 3.8) is 0 Å². The van der Waals surface area contributed by atoms with Crippen LogP contribution in [0.25, 0.3) is 0 Å². The van der Waals surface area contributed by atoms with Crippen LogP contribution in [0.4, 0.5) is 4.39 Å². The number of oxime groups is 1. The molecule has 0 saturated carbocycles. The fourth-order valence-corrected chi connectivity index (χ4v) is 2.06. The van der Waals surface area contributed by atoms with Crippen LogP contribution in [-0.4, -0.2) is 20.8 Å². The van der Waals surface area contributed by atoms with Crippen molar-refractivity contribution in [3.8, 4) is 0 Å². The van der Waals surface area contributed by atoms with Gasteiger partial charge in [0, 0.05) is 11.3 Å². The van der Waals surface area contributed by atoms with Gasteiger partial charge < -0.3 is 10.9 Å². The third-order valence-electron chi connectivity index (χ3n) is 3.44. The molecule has 0 aliphatic carbocycles. The molecular formula is C14H17FN4O. The summed E-state index contributed by atoms with van der Waals surface area (Å²) in [6.45, 7) is 6.34. The smallest absolute Gasteiger partial charge is 0.170 e. The van der Waals surface area contributed by atoms with Crippen molar-refractivity contribution in [1.29, 1.82) is 0 Å². The van der Waals surface area contributed by atoms with E-state index < -0.39 is 5.82 Å². The Morgan fingerprint density at radius 3 is 2.60 bits per heavy atom. The molecule has 1 heterocycles. The SMILES string of the molecule is Cc1nn(Cc2cc(F)cc(/C(N)=N/O)c2)c(C)c1C. The summed E-state index contributed by atoms with van der Waals surface area (Å²) in [7, 11) is 0. The molecule has 6 heteroatoms. The van der Waals surface area contributed by atoms with Gasteiger partial charge in [-0.05, 0) is 50.1 Å². The second-order valence-electron chi connectivity index (χ2n) is 4.79. The third kappa shape index (κ3) is 2.64. The molecule has 0 amide bonds. The predicted octanol–water partition coefficient (Wildman–Crippen LogP) is 2.09. The monoisotopic (exact) mass is 276 g/mol. The summed E-state index contributed by atoms with van der Waals surface area (Å²) in [5, 5.41) is 16.0. The summed E-state index contributed by atoms with van der Waals surface area (Å²) in [5.74, 6) is -0.544. The molecule has 5 nitrogen and oxygen atoms in total. The van der Waals surface area contributed by atoms with Crippen molar-refractivity contribution in [3.05, 3.63) is 52.1 Å². The van der Waals surface area contributed by atoms with Crippen molar-refractivity contribution in [2.45, 2.75) is 27.3 Å². The Labute approximate surface area is 116 Å². The molecule has 1 aromatic heterocycles. The first-order chi connectivity index (χ1) is 9.42. The van der Waals surface area contributed by atoms with E-state index in [4.69, 9.17) is 10.9 Å². The van der Waals surface area contributed by atoms with Crippen molar-refractivity contribution < 1.29 is 9.60 Å². The van der Waals surface area contributed by atoms with E-state index in [-0.39, 0.29) is 5.84 Å². The highest BCUT2D eigenvalue weighted by atomic mass is 19.1. The van der Waals surface area contributed by atoms with Gasteiger partial charge in [0.1, 0.15) is 5.82 Å². The number of rotatable bonds is 3. The summed E-state index contributed by atoms with van der Waals surface area (Å²) in [4.78, 5) is 0. The first-order valence-corrected chi connectivity index (χ1v) is 6.20. The lowest BCUT2D eigenvalue weighted by molar-refractivity contribution is 0.318. The number of halogens is 1. The van der Waals surface area contributed by atoms with Crippen LogP contribution in [0.15, 0.2) is 23.4 Å². The van der Waals surface area contributed by atoms with Gasteiger partial charge in [-0.2, -0.15) is 5.10 Å². The van der Waals surface area contributed by atoms with E-state index in [2.05, 4.69) is 10.3 Å². The maximum Gasteiger partial charge on any atom is 0.170 e. The topological polar surface area (TPSA) is 76.4 Å². The molecule has 0 bridgehead atoms. The fraction of sp³-hybridized carbons (Fsp3) is 0.286. The lowest BCUT2D eigenvalue weighted by Crippen LogP contribution is -2.14. The van der Waals surface area contributed by atoms with Gasteiger partial charge in [-0.25, -0.2) is 4.39 Å². The van der Waals surface area contributed by atoms with E-state index >= 15 is 0 Å².